The smallest absolute Gasteiger partial charge is 0.0237 e. The molecule has 2 saturated heterocycles. The second-order valence-corrected chi connectivity index (χ2v) is 5.58. The van der Waals surface area contributed by atoms with E-state index in [4.69, 9.17) is 0 Å². The van der Waals surface area contributed by atoms with Crippen LogP contribution in [-0.4, -0.2) is 30.6 Å². The molecule has 2 fully saturated rings. The summed E-state index contributed by atoms with van der Waals surface area (Å²) in [6.45, 7) is 7.09. The van der Waals surface area contributed by atoms with Gasteiger partial charge in [-0.15, -0.1) is 0 Å². The van der Waals surface area contributed by atoms with Crippen molar-refractivity contribution in [3.05, 3.63) is 35.4 Å². The van der Waals surface area contributed by atoms with Crippen molar-refractivity contribution in [2.75, 3.05) is 19.6 Å². The van der Waals surface area contributed by atoms with Gasteiger partial charge >= 0.3 is 0 Å². The molecule has 0 radical (unpaired) electrons. The van der Waals surface area contributed by atoms with Gasteiger partial charge in [-0.2, -0.15) is 0 Å². The summed E-state index contributed by atoms with van der Waals surface area (Å²) >= 11 is 0. The Bertz CT molecular complexity index is 374. The SMILES string of the molecule is Cc1ccccc1CN1C[C@@H]2CCCN[C@@H]2C1. The lowest BCUT2D eigenvalue weighted by atomic mass is 9.94. The van der Waals surface area contributed by atoms with E-state index in [9.17, 15) is 0 Å². The third-order valence-electron chi connectivity index (χ3n) is 4.33. The summed E-state index contributed by atoms with van der Waals surface area (Å²) in [5, 5.41) is 3.67. The number of nitrogens with zero attached hydrogens (tertiary/aromatic N) is 1. The van der Waals surface area contributed by atoms with Gasteiger partial charge < -0.3 is 5.32 Å². The van der Waals surface area contributed by atoms with E-state index in [1.165, 1.54) is 43.6 Å². The molecule has 2 heteroatoms. The number of fused-ring (bicyclic) bond motifs is 1. The molecule has 0 aliphatic carbocycles. The van der Waals surface area contributed by atoms with Crippen molar-refractivity contribution in [3.63, 3.8) is 0 Å². The Morgan fingerprint density at radius 2 is 2.18 bits per heavy atom. The summed E-state index contributed by atoms with van der Waals surface area (Å²) in [7, 11) is 0. The van der Waals surface area contributed by atoms with E-state index >= 15 is 0 Å². The van der Waals surface area contributed by atoms with Crippen molar-refractivity contribution in [1.82, 2.24) is 10.2 Å². The molecule has 2 aliphatic heterocycles. The van der Waals surface area contributed by atoms with Crippen LogP contribution in [0.4, 0.5) is 0 Å². The molecule has 0 bridgehead atoms. The van der Waals surface area contributed by atoms with Crippen LogP contribution in [-0.2, 0) is 6.54 Å². The summed E-state index contributed by atoms with van der Waals surface area (Å²) in [5.41, 5.74) is 2.92. The summed E-state index contributed by atoms with van der Waals surface area (Å²) in [6, 6.07) is 9.53. The Morgan fingerprint density at radius 1 is 1.29 bits per heavy atom. The molecule has 1 aromatic carbocycles. The van der Waals surface area contributed by atoms with Crippen molar-refractivity contribution in [2.45, 2.75) is 32.4 Å². The third-order valence-corrected chi connectivity index (χ3v) is 4.33. The Balaban J connectivity index is 1.65. The highest BCUT2D eigenvalue weighted by Crippen LogP contribution is 2.26. The maximum Gasteiger partial charge on any atom is 0.0237 e. The van der Waals surface area contributed by atoms with Crippen molar-refractivity contribution in [1.29, 1.82) is 0 Å². The van der Waals surface area contributed by atoms with Gasteiger partial charge in [0.25, 0.3) is 0 Å². The van der Waals surface area contributed by atoms with E-state index in [-0.39, 0.29) is 0 Å². The molecule has 1 aromatic rings. The number of rotatable bonds is 2. The summed E-state index contributed by atoms with van der Waals surface area (Å²) < 4.78 is 0. The Morgan fingerprint density at radius 3 is 3.00 bits per heavy atom. The second-order valence-electron chi connectivity index (χ2n) is 5.58. The van der Waals surface area contributed by atoms with Crippen LogP contribution in [0.15, 0.2) is 24.3 Å². The summed E-state index contributed by atoms with van der Waals surface area (Å²) in [4.78, 5) is 2.62. The molecule has 2 atom stereocenters. The lowest BCUT2D eigenvalue weighted by Gasteiger charge is -2.24. The van der Waals surface area contributed by atoms with Gasteiger partial charge in [0.15, 0.2) is 0 Å². The predicted molar refractivity (Wildman–Crippen MR) is 71.0 cm³/mol. The number of likely N-dealkylation sites (tertiary alicyclic amines) is 1. The molecule has 2 heterocycles. The molecule has 2 nitrogen and oxygen atoms in total. The predicted octanol–water partition coefficient (Wildman–Crippen LogP) is 2.18. The number of aryl methyl sites for hydroxylation is 1. The van der Waals surface area contributed by atoms with Gasteiger partial charge in [0.2, 0.25) is 0 Å². The lowest BCUT2D eigenvalue weighted by Crippen LogP contribution is -2.40. The van der Waals surface area contributed by atoms with Gasteiger partial charge in [0, 0.05) is 25.7 Å². The van der Waals surface area contributed by atoms with E-state index in [1.54, 1.807) is 0 Å². The molecule has 1 N–H and O–H groups in total. The van der Waals surface area contributed by atoms with Gasteiger partial charge in [-0.25, -0.2) is 0 Å². The minimum absolute atomic E-state index is 0.757. The van der Waals surface area contributed by atoms with Crippen molar-refractivity contribution >= 4 is 0 Å². The standard InChI is InChI=1S/C15H22N2/c1-12-5-2-3-6-13(12)9-17-10-14-7-4-8-16-15(14)11-17/h2-3,5-6,14-16H,4,7-11H2,1H3/t14-,15+/m0/s1. The van der Waals surface area contributed by atoms with E-state index in [0.29, 0.717) is 0 Å². The molecular formula is C15H22N2. The zero-order valence-corrected chi connectivity index (χ0v) is 10.7. The first-order chi connectivity index (χ1) is 8.33. The van der Waals surface area contributed by atoms with Crippen LogP contribution in [0.1, 0.15) is 24.0 Å². The number of piperidine rings is 1. The minimum atomic E-state index is 0.757. The fraction of sp³-hybridized carbons (Fsp3) is 0.600. The number of benzene rings is 1. The molecule has 3 rings (SSSR count). The number of hydrogen-bond donors (Lipinski definition) is 1. The average molecular weight is 230 g/mol. The first kappa shape index (κ1) is 11.2. The van der Waals surface area contributed by atoms with Gasteiger partial charge in [0.05, 0.1) is 0 Å². The fourth-order valence-corrected chi connectivity index (χ4v) is 3.29. The maximum atomic E-state index is 3.67. The molecule has 17 heavy (non-hydrogen) atoms. The second kappa shape index (κ2) is 4.79. The van der Waals surface area contributed by atoms with Crippen molar-refractivity contribution in [2.24, 2.45) is 5.92 Å². The number of hydrogen-bond acceptors (Lipinski definition) is 2. The molecule has 0 spiro atoms. The Labute approximate surface area is 104 Å². The van der Waals surface area contributed by atoms with E-state index in [0.717, 1.165) is 18.5 Å². The zero-order chi connectivity index (χ0) is 11.7. The van der Waals surface area contributed by atoms with Crippen molar-refractivity contribution in [3.8, 4) is 0 Å². The van der Waals surface area contributed by atoms with Gasteiger partial charge in [0.1, 0.15) is 0 Å². The monoisotopic (exact) mass is 230 g/mol. The third kappa shape index (κ3) is 2.38. The highest BCUT2D eigenvalue weighted by molar-refractivity contribution is 5.25. The molecule has 2 aliphatic rings. The van der Waals surface area contributed by atoms with Crippen LogP contribution >= 0.6 is 0 Å². The quantitative estimate of drug-likeness (QED) is 0.837. The van der Waals surface area contributed by atoms with Gasteiger partial charge in [-0.05, 0) is 43.4 Å². The van der Waals surface area contributed by atoms with Crippen LogP contribution in [0.25, 0.3) is 0 Å². The van der Waals surface area contributed by atoms with E-state index < -0.39 is 0 Å². The van der Waals surface area contributed by atoms with Crippen molar-refractivity contribution < 1.29 is 0 Å². The Hall–Kier alpha value is -0.860. The van der Waals surface area contributed by atoms with Crippen LogP contribution in [0, 0.1) is 12.8 Å². The average Bonchev–Trinajstić information content (AvgIpc) is 2.74. The van der Waals surface area contributed by atoms with Gasteiger partial charge in [-0.3, -0.25) is 4.90 Å². The van der Waals surface area contributed by atoms with Crippen LogP contribution in [0.3, 0.4) is 0 Å². The highest BCUT2D eigenvalue weighted by Gasteiger charge is 2.33. The fourth-order valence-electron chi connectivity index (χ4n) is 3.29. The first-order valence-corrected chi connectivity index (χ1v) is 6.83. The minimum Gasteiger partial charge on any atom is -0.312 e. The normalized spacial score (nSPS) is 29.2. The molecule has 92 valence electrons. The number of nitrogens with one attached hydrogen (secondary N) is 1. The summed E-state index contributed by atoms with van der Waals surface area (Å²) in [6.07, 6.45) is 2.78. The summed E-state index contributed by atoms with van der Waals surface area (Å²) in [5.74, 6) is 0.896. The van der Waals surface area contributed by atoms with Crippen LogP contribution in [0.5, 0.6) is 0 Å². The van der Waals surface area contributed by atoms with Crippen LogP contribution < -0.4 is 5.32 Å². The molecule has 0 saturated carbocycles. The van der Waals surface area contributed by atoms with Crippen LogP contribution in [0.2, 0.25) is 0 Å². The van der Waals surface area contributed by atoms with E-state index in [1.807, 2.05) is 0 Å². The Kier molecular flexibility index (Phi) is 3.17. The highest BCUT2D eigenvalue weighted by atomic mass is 15.2. The molecular weight excluding hydrogens is 208 g/mol. The molecule has 0 aromatic heterocycles. The molecule has 0 unspecified atom stereocenters. The lowest BCUT2D eigenvalue weighted by molar-refractivity contribution is 0.312. The van der Waals surface area contributed by atoms with E-state index in [2.05, 4.69) is 41.4 Å². The van der Waals surface area contributed by atoms with Gasteiger partial charge in [-0.1, -0.05) is 24.3 Å². The zero-order valence-electron chi connectivity index (χ0n) is 10.7. The molecule has 0 amide bonds. The largest absolute Gasteiger partial charge is 0.312 e. The topological polar surface area (TPSA) is 15.3 Å². The first-order valence-electron chi connectivity index (χ1n) is 6.83. The maximum absolute atomic E-state index is 3.67.